The van der Waals surface area contributed by atoms with Gasteiger partial charge in [0.1, 0.15) is 6.54 Å². The van der Waals surface area contributed by atoms with Gasteiger partial charge in [-0.2, -0.15) is 5.10 Å². The lowest BCUT2D eigenvalue weighted by atomic mass is 10.2. The first-order chi connectivity index (χ1) is 13.6. The molecule has 140 valence electrons. The van der Waals surface area contributed by atoms with Crippen LogP contribution in [0.3, 0.4) is 0 Å². The summed E-state index contributed by atoms with van der Waals surface area (Å²) in [5, 5.41) is 9.51. The molecule has 0 aliphatic rings. The number of benzene rings is 2. The standard InChI is InChI=1S/C20H16N4O2S2/c1-13-12-27-20(22-13)28-15-8-6-14(7-9-15)23-19(26)11-24-17-5-3-2-4-16(17)18(25)10-21-24/h2-10,12H,11H2,1H3,(H,23,26). The number of thiazole rings is 1. The number of amides is 1. The smallest absolute Gasteiger partial charge is 0.246 e. The van der Waals surface area contributed by atoms with Crippen LogP contribution in [0.4, 0.5) is 5.69 Å². The van der Waals surface area contributed by atoms with Crippen molar-refractivity contribution in [2.24, 2.45) is 0 Å². The fraction of sp³-hybridized carbons (Fsp3) is 0.100. The van der Waals surface area contributed by atoms with Crippen LogP contribution in [-0.4, -0.2) is 20.7 Å². The number of para-hydroxylation sites is 1. The number of carbonyl (C=O) groups excluding carboxylic acids is 1. The van der Waals surface area contributed by atoms with E-state index in [0.29, 0.717) is 16.6 Å². The zero-order chi connectivity index (χ0) is 19.5. The van der Waals surface area contributed by atoms with Gasteiger partial charge >= 0.3 is 0 Å². The van der Waals surface area contributed by atoms with Crippen molar-refractivity contribution in [1.29, 1.82) is 0 Å². The molecule has 2 aromatic carbocycles. The number of aromatic nitrogens is 3. The zero-order valence-corrected chi connectivity index (χ0v) is 16.6. The number of nitrogens with zero attached hydrogens (tertiary/aromatic N) is 3. The van der Waals surface area contributed by atoms with Crippen molar-refractivity contribution in [1.82, 2.24) is 14.8 Å². The lowest BCUT2D eigenvalue weighted by Gasteiger charge is -2.10. The third-order valence-electron chi connectivity index (χ3n) is 4.00. The predicted octanol–water partition coefficient (Wildman–Crippen LogP) is 3.95. The largest absolute Gasteiger partial charge is 0.324 e. The maximum absolute atomic E-state index is 12.4. The minimum absolute atomic E-state index is 0.0235. The molecule has 0 aliphatic heterocycles. The van der Waals surface area contributed by atoms with Crippen LogP contribution in [0.15, 0.2) is 74.1 Å². The Bertz CT molecular complexity index is 1200. The maximum atomic E-state index is 12.4. The van der Waals surface area contributed by atoms with Gasteiger partial charge in [0, 0.05) is 27.0 Å². The van der Waals surface area contributed by atoms with Crippen molar-refractivity contribution in [3.8, 4) is 0 Å². The number of fused-ring (bicyclic) bond motifs is 1. The van der Waals surface area contributed by atoms with Gasteiger partial charge in [-0.1, -0.05) is 23.9 Å². The summed E-state index contributed by atoms with van der Waals surface area (Å²) in [7, 11) is 0. The number of aryl methyl sites for hydroxylation is 1. The molecule has 0 aliphatic carbocycles. The number of rotatable bonds is 5. The Kier molecular flexibility index (Phi) is 5.23. The van der Waals surface area contributed by atoms with Crippen LogP contribution in [0.25, 0.3) is 10.9 Å². The van der Waals surface area contributed by atoms with Crippen LogP contribution < -0.4 is 10.7 Å². The molecular weight excluding hydrogens is 392 g/mol. The van der Waals surface area contributed by atoms with Crippen LogP contribution in [-0.2, 0) is 11.3 Å². The zero-order valence-electron chi connectivity index (χ0n) is 15.0. The van der Waals surface area contributed by atoms with Crippen molar-refractivity contribution in [2.75, 3.05) is 5.32 Å². The van der Waals surface area contributed by atoms with Crippen LogP contribution in [0.2, 0.25) is 0 Å². The molecule has 0 unspecified atom stereocenters. The highest BCUT2D eigenvalue weighted by atomic mass is 32.2. The Hall–Kier alpha value is -2.97. The summed E-state index contributed by atoms with van der Waals surface area (Å²) in [6, 6.07) is 14.7. The van der Waals surface area contributed by atoms with E-state index < -0.39 is 0 Å². The summed E-state index contributed by atoms with van der Waals surface area (Å²) in [6.07, 6.45) is 1.24. The maximum Gasteiger partial charge on any atom is 0.246 e. The Labute approximate surface area is 169 Å². The molecule has 8 heteroatoms. The molecule has 4 rings (SSSR count). The fourth-order valence-electron chi connectivity index (χ4n) is 2.71. The van der Waals surface area contributed by atoms with E-state index in [2.05, 4.69) is 15.4 Å². The lowest BCUT2D eigenvalue weighted by Crippen LogP contribution is -2.22. The Morgan fingerprint density at radius 2 is 1.96 bits per heavy atom. The van der Waals surface area contributed by atoms with E-state index in [4.69, 9.17) is 0 Å². The summed E-state index contributed by atoms with van der Waals surface area (Å²) in [5.41, 5.74) is 2.20. The molecule has 28 heavy (non-hydrogen) atoms. The first-order valence-corrected chi connectivity index (χ1v) is 10.2. The third kappa shape index (κ3) is 4.13. The van der Waals surface area contributed by atoms with Crippen LogP contribution in [0, 0.1) is 6.92 Å². The molecule has 0 saturated carbocycles. The molecule has 6 nitrogen and oxygen atoms in total. The summed E-state index contributed by atoms with van der Waals surface area (Å²) < 4.78 is 2.52. The molecule has 0 spiro atoms. The quantitative estimate of drug-likeness (QED) is 0.541. The Morgan fingerprint density at radius 3 is 2.71 bits per heavy atom. The first kappa shape index (κ1) is 18.4. The van der Waals surface area contributed by atoms with Gasteiger partial charge in [0.25, 0.3) is 0 Å². The number of hydrogen-bond donors (Lipinski definition) is 1. The van der Waals surface area contributed by atoms with Crippen LogP contribution in [0.1, 0.15) is 5.69 Å². The van der Waals surface area contributed by atoms with Gasteiger partial charge < -0.3 is 5.32 Å². The van der Waals surface area contributed by atoms with E-state index in [0.717, 1.165) is 14.9 Å². The predicted molar refractivity (Wildman–Crippen MR) is 112 cm³/mol. The second-order valence-corrected chi connectivity index (χ2v) is 8.29. The monoisotopic (exact) mass is 408 g/mol. The topological polar surface area (TPSA) is 76.9 Å². The van der Waals surface area contributed by atoms with Crippen molar-refractivity contribution >= 4 is 45.6 Å². The number of hydrogen-bond acceptors (Lipinski definition) is 6. The number of carbonyl (C=O) groups is 1. The average Bonchev–Trinajstić information content (AvgIpc) is 3.10. The van der Waals surface area contributed by atoms with Gasteiger partial charge in [-0.15, -0.1) is 11.3 Å². The summed E-state index contributed by atoms with van der Waals surface area (Å²) in [5.74, 6) is -0.211. The Balaban J connectivity index is 1.44. The molecule has 0 atom stereocenters. The second-order valence-electron chi connectivity index (χ2n) is 6.11. The van der Waals surface area contributed by atoms with E-state index >= 15 is 0 Å². The van der Waals surface area contributed by atoms with Crippen LogP contribution in [0.5, 0.6) is 0 Å². The van der Waals surface area contributed by atoms with Crippen molar-refractivity contribution in [3.05, 3.63) is 76.0 Å². The molecule has 0 saturated heterocycles. The minimum atomic E-state index is -0.211. The van der Waals surface area contributed by atoms with Gasteiger partial charge in [-0.25, -0.2) is 4.98 Å². The van der Waals surface area contributed by atoms with E-state index in [1.54, 1.807) is 41.3 Å². The summed E-state index contributed by atoms with van der Waals surface area (Å²) in [6.45, 7) is 2.00. The third-order valence-corrected chi connectivity index (χ3v) is 6.06. The Morgan fingerprint density at radius 1 is 1.18 bits per heavy atom. The van der Waals surface area contributed by atoms with Gasteiger partial charge in [0.05, 0.1) is 11.7 Å². The van der Waals surface area contributed by atoms with Crippen molar-refractivity contribution < 1.29 is 4.79 Å². The molecule has 1 amide bonds. The van der Waals surface area contributed by atoms with E-state index in [-0.39, 0.29) is 17.9 Å². The van der Waals surface area contributed by atoms with E-state index in [9.17, 15) is 9.59 Å². The highest BCUT2D eigenvalue weighted by Gasteiger charge is 2.09. The van der Waals surface area contributed by atoms with Crippen molar-refractivity contribution in [2.45, 2.75) is 22.7 Å². The second kappa shape index (κ2) is 7.95. The normalized spacial score (nSPS) is 10.9. The van der Waals surface area contributed by atoms with Crippen LogP contribution >= 0.6 is 23.1 Å². The number of nitrogens with one attached hydrogen (secondary N) is 1. The van der Waals surface area contributed by atoms with E-state index in [1.807, 2.05) is 42.6 Å². The highest BCUT2D eigenvalue weighted by Crippen LogP contribution is 2.30. The van der Waals surface area contributed by atoms with Gasteiger partial charge in [-0.3, -0.25) is 14.3 Å². The minimum Gasteiger partial charge on any atom is -0.324 e. The van der Waals surface area contributed by atoms with Gasteiger partial charge in [0.2, 0.25) is 11.3 Å². The fourth-order valence-corrected chi connectivity index (χ4v) is 4.52. The average molecular weight is 409 g/mol. The summed E-state index contributed by atoms with van der Waals surface area (Å²) >= 11 is 3.20. The molecule has 0 radical (unpaired) electrons. The molecule has 0 bridgehead atoms. The molecular formula is C20H16N4O2S2. The molecule has 1 N–H and O–H groups in total. The first-order valence-electron chi connectivity index (χ1n) is 8.53. The molecule has 2 heterocycles. The lowest BCUT2D eigenvalue weighted by molar-refractivity contribution is -0.116. The molecule has 4 aromatic rings. The van der Waals surface area contributed by atoms with Gasteiger partial charge in [-0.05, 0) is 43.3 Å². The number of anilines is 1. The molecule has 2 aromatic heterocycles. The molecule has 0 fully saturated rings. The van der Waals surface area contributed by atoms with Crippen molar-refractivity contribution in [3.63, 3.8) is 0 Å². The summed E-state index contributed by atoms with van der Waals surface area (Å²) in [4.78, 5) is 29.8. The highest BCUT2D eigenvalue weighted by molar-refractivity contribution is 8.01. The van der Waals surface area contributed by atoms with E-state index in [1.165, 1.54) is 10.9 Å². The SMILES string of the molecule is Cc1csc(Sc2ccc(NC(=O)Cn3ncc(=O)c4ccccc43)cc2)n1. The van der Waals surface area contributed by atoms with Gasteiger partial charge in [0.15, 0.2) is 4.34 Å².